The van der Waals surface area contributed by atoms with Gasteiger partial charge >= 0.3 is 6.09 Å². The van der Waals surface area contributed by atoms with Crippen LogP contribution in [-0.2, 0) is 9.53 Å². The Bertz CT molecular complexity index is 884. The van der Waals surface area contributed by atoms with E-state index in [1.807, 2.05) is 65.0 Å². The lowest BCUT2D eigenvalue weighted by Crippen LogP contribution is -2.47. The summed E-state index contributed by atoms with van der Waals surface area (Å²) < 4.78 is 6.23. The molecule has 3 amide bonds. The molecule has 1 atom stereocenters. The molecule has 0 bridgehead atoms. The summed E-state index contributed by atoms with van der Waals surface area (Å²) in [6.45, 7) is 10.4. The smallest absolute Gasteiger partial charge is 0.407 e. The van der Waals surface area contributed by atoms with Crippen LogP contribution in [0.3, 0.4) is 0 Å². The SMILES string of the molecule is CC(C)C[C@H](NC(=O)c1cc2ccccc2s1)C(=O)NCCCCNC(=O)OC(C)(C)C. The van der Waals surface area contributed by atoms with Crippen molar-refractivity contribution in [3.63, 3.8) is 0 Å². The van der Waals surface area contributed by atoms with E-state index in [9.17, 15) is 14.4 Å². The largest absolute Gasteiger partial charge is 0.444 e. The Morgan fingerprint density at radius 3 is 2.31 bits per heavy atom. The average molecular weight is 462 g/mol. The lowest BCUT2D eigenvalue weighted by Gasteiger charge is -2.20. The van der Waals surface area contributed by atoms with Crippen LogP contribution in [0.4, 0.5) is 4.79 Å². The number of alkyl carbamates (subject to hydrolysis) is 1. The molecule has 7 nitrogen and oxygen atoms in total. The summed E-state index contributed by atoms with van der Waals surface area (Å²) in [5, 5.41) is 9.53. The highest BCUT2D eigenvalue weighted by atomic mass is 32.1. The maximum absolute atomic E-state index is 12.8. The zero-order valence-electron chi connectivity index (χ0n) is 19.6. The van der Waals surface area contributed by atoms with Gasteiger partial charge in [-0.2, -0.15) is 0 Å². The molecular weight excluding hydrogens is 426 g/mol. The second-order valence-corrected chi connectivity index (χ2v) is 10.3. The van der Waals surface area contributed by atoms with Gasteiger partial charge in [0.05, 0.1) is 4.88 Å². The maximum Gasteiger partial charge on any atom is 0.407 e. The zero-order valence-corrected chi connectivity index (χ0v) is 20.4. The Kier molecular flexibility index (Phi) is 9.50. The van der Waals surface area contributed by atoms with Crippen LogP contribution in [0.15, 0.2) is 30.3 Å². The molecule has 2 rings (SSSR count). The number of rotatable bonds is 10. The number of hydrogen-bond acceptors (Lipinski definition) is 5. The molecule has 32 heavy (non-hydrogen) atoms. The number of unbranched alkanes of at least 4 members (excludes halogenated alkanes) is 1. The zero-order chi connectivity index (χ0) is 23.7. The molecule has 0 aliphatic heterocycles. The molecule has 1 aromatic carbocycles. The first-order valence-corrected chi connectivity index (χ1v) is 11.9. The molecule has 1 heterocycles. The number of nitrogens with one attached hydrogen (secondary N) is 3. The number of ether oxygens (including phenoxy) is 1. The van der Waals surface area contributed by atoms with E-state index >= 15 is 0 Å². The van der Waals surface area contributed by atoms with Crippen LogP contribution in [-0.4, -0.2) is 42.6 Å². The van der Waals surface area contributed by atoms with Gasteiger partial charge in [0, 0.05) is 17.8 Å². The molecule has 0 radical (unpaired) electrons. The van der Waals surface area contributed by atoms with E-state index in [0.717, 1.165) is 10.1 Å². The number of fused-ring (bicyclic) bond motifs is 1. The van der Waals surface area contributed by atoms with Crippen molar-refractivity contribution in [3.8, 4) is 0 Å². The van der Waals surface area contributed by atoms with Crippen molar-refractivity contribution in [1.82, 2.24) is 16.0 Å². The Labute approximate surface area is 194 Å². The fourth-order valence-corrected chi connectivity index (χ4v) is 4.08. The maximum atomic E-state index is 12.8. The third kappa shape index (κ3) is 8.86. The first-order valence-electron chi connectivity index (χ1n) is 11.1. The number of amides is 3. The number of benzene rings is 1. The van der Waals surface area contributed by atoms with Crippen molar-refractivity contribution in [1.29, 1.82) is 0 Å². The van der Waals surface area contributed by atoms with Crippen LogP contribution in [0.5, 0.6) is 0 Å². The fraction of sp³-hybridized carbons (Fsp3) is 0.542. The van der Waals surface area contributed by atoms with Crippen LogP contribution < -0.4 is 16.0 Å². The predicted octanol–water partition coefficient (Wildman–Crippen LogP) is 4.47. The minimum absolute atomic E-state index is 0.187. The Hall–Kier alpha value is -2.61. The molecule has 176 valence electrons. The molecule has 0 aliphatic carbocycles. The van der Waals surface area contributed by atoms with Crippen molar-refractivity contribution in [3.05, 3.63) is 35.2 Å². The quantitative estimate of drug-likeness (QED) is 0.455. The molecule has 1 aromatic heterocycles. The summed E-state index contributed by atoms with van der Waals surface area (Å²) in [5.74, 6) is -0.159. The number of carbonyl (C=O) groups excluding carboxylic acids is 3. The van der Waals surface area contributed by atoms with E-state index in [4.69, 9.17) is 4.74 Å². The standard InChI is InChI=1S/C24H35N3O4S/c1-16(2)14-18(27-22(29)20-15-17-10-6-7-11-19(17)32-20)21(28)25-12-8-9-13-26-23(30)31-24(3,4)5/h6-7,10-11,15-16,18H,8-9,12-14H2,1-5H3,(H,25,28)(H,26,30)(H,27,29)/t18-/m0/s1. The minimum atomic E-state index is -0.590. The highest BCUT2D eigenvalue weighted by Gasteiger charge is 2.23. The van der Waals surface area contributed by atoms with Gasteiger partial charge in [0.15, 0.2) is 0 Å². The van der Waals surface area contributed by atoms with Crippen LogP contribution in [0, 0.1) is 5.92 Å². The van der Waals surface area contributed by atoms with Gasteiger partial charge in [-0.05, 0) is 63.5 Å². The van der Waals surface area contributed by atoms with Crippen LogP contribution in [0.2, 0.25) is 0 Å². The summed E-state index contributed by atoms with van der Waals surface area (Å²) in [5.41, 5.74) is -0.524. The first kappa shape index (κ1) is 25.6. The van der Waals surface area contributed by atoms with Crippen molar-refractivity contribution < 1.29 is 19.1 Å². The normalized spacial score (nSPS) is 12.4. The molecule has 0 spiro atoms. The number of thiophene rings is 1. The molecule has 0 fully saturated rings. The molecule has 2 aromatic rings. The van der Waals surface area contributed by atoms with E-state index in [1.165, 1.54) is 11.3 Å². The van der Waals surface area contributed by atoms with E-state index in [2.05, 4.69) is 16.0 Å². The molecule has 0 saturated heterocycles. The number of hydrogen-bond donors (Lipinski definition) is 3. The second kappa shape index (κ2) is 11.9. The van der Waals surface area contributed by atoms with E-state index in [0.29, 0.717) is 37.2 Å². The Balaban J connectivity index is 1.79. The van der Waals surface area contributed by atoms with Crippen molar-refractivity contribution in [2.24, 2.45) is 5.92 Å². The van der Waals surface area contributed by atoms with Gasteiger partial charge in [-0.3, -0.25) is 9.59 Å². The molecular formula is C24H35N3O4S. The average Bonchev–Trinajstić information content (AvgIpc) is 3.12. The number of carbonyl (C=O) groups is 3. The summed E-state index contributed by atoms with van der Waals surface area (Å²) in [6, 6.07) is 9.10. The van der Waals surface area contributed by atoms with Crippen molar-refractivity contribution in [2.75, 3.05) is 13.1 Å². The third-order valence-electron chi connectivity index (χ3n) is 4.55. The van der Waals surface area contributed by atoms with Crippen molar-refractivity contribution >= 4 is 39.3 Å². The van der Waals surface area contributed by atoms with Crippen LogP contribution in [0.25, 0.3) is 10.1 Å². The van der Waals surface area contributed by atoms with Gasteiger partial charge in [-0.25, -0.2) is 4.79 Å². The fourth-order valence-electron chi connectivity index (χ4n) is 3.12. The molecule has 0 aliphatic rings. The lowest BCUT2D eigenvalue weighted by molar-refractivity contribution is -0.123. The Morgan fingerprint density at radius 1 is 1.03 bits per heavy atom. The van der Waals surface area contributed by atoms with E-state index in [1.54, 1.807) is 0 Å². The van der Waals surface area contributed by atoms with E-state index < -0.39 is 17.7 Å². The lowest BCUT2D eigenvalue weighted by atomic mass is 10.0. The first-order chi connectivity index (χ1) is 15.0. The second-order valence-electron chi connectivity index (χ2n) is 9.23. The molecule has 0 saturated carbocycles. The highest BCUT2D eigenvalue weighted by molar-refractivity contribution is 7.20. The molecule has 0 unspecified atom stereocenters. The van der Waals surface area contributed by atoms with Gasteiger partial charge in [0.1, 0.15) is 11.6 Å². The minimum Gasteiger partial charge on any atom is -0.444 e. The molecule has 8 heteroatoms. The summed E-state index contributed by atoms with van der Waals surface area (Å²) in [7, 11) is 0. The highest BCUT2D eigenvalue weighted by Crippen LogP contribution is 2.25. The van der Waals surface area contributed by atoms with E-state index in [-0.39, 0.29) is 17.7 Å². The van der Waals surface area contributed by atoms with Gasteiger partial charge in [-0.15, -0.1) is 11.3 Å². The van der Waals surface area contributed by atoms with Crippen LogP contribution in [0.1, 0.15) is 63.6 Å². The van der Waals surface area contributed by atoms with Gasteiger partial charge < -0.3 is 20.7 Å². The van der Waals surface area contributed by atoms with Crippen LogP contribution >= 0.6 is 11.3 Å². The van der Waals surface area contributed by atoms with Gasteiger partial charge in [0.25, 0.3) is 5.91 Å². The summed E-state index contributed by atoms with van der Waals surface area (Å²) in [6.07, 6.45) is 1.54. The predicted molar refractivity (Wildman–Crippen MR) is 129 cm³/mol. The van der Waals surface area contributed by atoms with Gasteiger partial charge in [0.2, 0.25) is 5.91 Å². The monoisotopic (exact) mass is 461 g/mol. The topological polar surface area (TPSA) is 96.5 Å². The Morgan fingerprint density at radius 2 is 1.69 bits per heavy atom. The van der Waals surface area contributed by atoms with Gasteiger partial charge in [-0.1, -0.05) is 32.0 Å². The summed E-state index contributed by atoms with van der Waals surface area (Å²) in [4.78, 5) is 37.7. The molecule has 3 N–H and O–H groups in total. The van der Waals surface area contributed by atoms with Crippen molar-refractivity contribution in [2.45, 2.75) is 65.5 Å². The third-order valence-corrected chi connectivity index (χ3v) is 5.66. The summed E-state index contributed by atoms with van der Waals surface area (Å²) >= 11 is 1.42.